The van der Waals surface area contributed by atoms with Crippen molar-refractivity contribution in [2.75, 3.05) is 13.2 Å². The predicted octanol–water partition coefficient (Wildman–Crippen LogP) is 5.62. The van der Waals surface area contributed by atoms with Gasteiger partial charge in [-0.2, -0.15) is 0 Å². The molecule has 0 radical (unpaired) electrons. The molecular weight excluding hydrogens is 480 g/mol. The van der Waals surface area contributed by atoms with E-state index in [4.69, 9.17) is 4.74 Å². The van der Waals surface area contributed by atoms with Crippen molar-refractivity contribution in [3.05, 3.63) is 76.3 Å². The first-order valence-corrected chi connectivity index (χ1v) is 12.2. The molecule has 0 saturated heterocycles. The highest BCUT2D eigenvalue weighted by Gasteiger charge is 2.29. The molecule has 2 amide bonds. The number of halogens is 1. The van der Waals surface area contributed by atoms with E-state index in [1.54, 1.807) is 4.90 Å². The highest BCUT2D eigenvalue weighted by Crippen LogP contribution is 2.33. The molecule has 3 rings (SSSR count). The Morgan fingerprint density at radius 2 is 1.76 bits per heavy atom. The van der Waals surface area contributed by atoms with Crippen molar-refractivity contribution in [1.82, 2.24) is 10.2 Å². The van der Waals surface area contributed by atoms with E-state index in [2.05, 4.69) is 21.2 Å². The molecule has 0 aliphatic rings. The molecule has 0 unspecified atom stereocenters. The molecule has 3 aromatic rings. The molecule has 0 aliphatic heterocycles. The SMILES string of the molecule is CCCNC(=O)[C@@H](CC)N(Cc1ccccc1C)C(=O)COc1ccc2ccccc2c1Br. The van der Waals surface area contributed by atoms with Crippen LogP contribution in [0.25, 0.3) is 10.8 Å². The van der Waals surface area contributed by atoms with Crippen molar-refractivity contribution in [3.63, 3.8) is 0 Å². The molecule has 174 valence electrons. The summed E-state index contributed by atoms with van der Waals surface area (Å²) < 4.78 is 6.75. The van der Waals surface area contributed by atoms with Gasteiger partial charge >= 0.3 is 0 Å². The zero-order valence-electron chi connectivity index (χ0n) is 19.4. The lowest BCUT2D eigenvalue weighted by molar-refractivity contribution is -0.143. The van der Waals surface area contributed by atoms with Crippen molar-refractivity contribution >= 4 is 38.5 Å². The summed E-state index contributed by atoms with van der Waals surface area (Å²) in [6.07, 6.45) is 1.36. The fourth-order valence-corrected chi connectivity index (χ4v) is 4.41. The zero-order chi connectivity index (χ0) is 23.8. The molecule has 0 saturated carbocycles. The Kier molecular flexibility index (Phi) is 8.89. The standard InChI is InChI=1S/C27H31BrN2O3/c1-4-16-29-27(32)23(5-2)30(17-21-12-7-6-10-19(21)3)25(31)18-33-24-15-14-20-11-8-9-13-22(20)26(24)28/h6-15,23H,4-5,16-18H2,1-3H3,(H,29,32)/t23-/m1/s1. The first-order chi connectivity index (χ1) is 16.0. The number of hydrogen-bond donors (Lipinski definition) is 1. The molecule has 0 heterocycles. The Morgan fingerprint density at radius 1 is 1.03 bits per heavy atom. The van der Waals surface area contributed by atoms with E-state index in [0.29, 0.717) is 25.3 Å². The number of aryl methyl sites for hydroxylation is 1. The Balaban J connectivity index is 1.83. The lowest BCUT2D eigenvalue weighted by Gasteiger charge is -2.31. The predicted molar refractivity (Wildman–Crippen MR) is 136 cm³/mol. The van der Waals surface area contributed by atoms with Crippen molar-refractivity contribution in [2.45, 2.75) is 46.2 Å². The molecule has 1 N–H and O–H groups in total. The van der Waals surface area contributed by atoms with Gasteiger partial charge in [0.2, 0.25) is 5.91 Å². The maximum Gasteiger partial charge on any atom is 0.261 e. The number of nitrogens with zero attached hydrogens (tertiary/aromatic N) is 1. The first-order valence-electron chi connectivity index (χ1n) is 11.4. The number of carbonyl (C=O) groups is 2. The number of nitrogens with one attached hydrogen (secondary N) is 1. The molecule has 0 aliphatic carbocycles. The van der Waals surface area contributed by atoms with Crippen molar-refractivity contribution in [2.24, 2.45) is 0 Å². The molecule has 0 fully saturated rings. The summed E-state index contributed by atoms with van der Waals surface area (Å²) in [5.41, 5.74) is 2.09. The van der Waals surface area contributed by atoms with Gasteiger partial charge in [-0.25, -0.2) is 0 Å². The number of carbonyl (C=O) groups excluding carboxylic acids is 2. The van der Waals surface area contributed by atoms with E-state index in [1.165, 1.54) is 0 Å². The van der Waals surface area contributed by atoms with E-state index in [-0.39, 0.29) is 18.4 Å². The average Bonchev–Trinajstić information content (AvgIpc) is 2.83. The monoisotopic (exact) mass is 510 g/mol. The largest absolute Gasteiger partial charge is 0.483 e. The van der Waals surface area contributed by atoms with Crippen LogP contribution in [0.2, 0.25) is 0 Å². The zero-order valence-corrected chi connectivity index (χ0v) is 21.0. The molecule has 0 spiro atoms. The number of hydrogen-bond acceptors (Lipinski definition) is 3. The van der Waals surface area contributed by atoms with Gasteiger partial charge in [0.05, 0.1) is 4.47 Å². The third-order valence-corrected chi connectivity index (χ3v) is 6.53. The van der Waals surface area contributed by atoms with Gasteiger partial charge < -0.3 is 15.0 Å². The molecule has 6 heteroatoms. The number of fused-ring (bicyclic) bond motifs is 1. The normalized spacial score (nSPS) is 11.8. The first kappa shape index (κ1) is 24.8. The quantitative estimate of drug-likeness (QED) is 0.384. The molecule has 1 atom stereocenters. The van der Waals surface area contributed by atoms with E-state index < -0.39 is 6.04 Å². The minimum Gasteiger partial charge on any atom is -0.483 e. The highest BCUT2D eigenvalue weighted by molar-refractivity contribution is 9.10. The van der Waals surface area contributed by atoms with Crippen LogP contribution in [0.3, 0.4) is 0 Å². The van der Waals surface area contributed by atoms with Gasteiger partial charge in [-0.3, -0.25) is 9.59 Å². The minimum absolute atomic E-state index is 0.131. The van der Waals surface area contributed by atoms with Gasteiger partial charge in [0.25, 0.3) is 5.91 Å². The third-order valence-electron chi connectivity index (χ3n) is 5.72. The molecular formula is C27H31BrN2O3. The summed E-state index contributed by atoms with van der Waals surface area (Å²) in [7, 11) is 0. The summed E-state index contributed by atoms with van der Waals surface area (Å²) in [5.74, 6) is 0.242. The van der Waals surface area contributed by atoms with Crippen molar-refractivity contribution in [1.29, 1.82) is 0 Å². The van der Waals surface area contributed by atoms with Crippen LogP contribution < -0.4 is 10.1 Å². The summed E-state index contributed by atoms with van der Waals surface area (Å²) >= 11 is 3.61. The maximum atomic E-state index is 13.4. The summed E-state index contributed by atoms with van der Waals surface area (Å²) in [4.78, 5) is 27.9. The molecule has 0 bridgehead atoms. The van der Waals surface area contributed by atoms with Gasteiger partial charge in [-0.15, -0.1) is 0 Å². The Hall–Kier alpha value is -2.86. The van der Waals surface area contributed by atoms with Crippen LogP contribution >= 0.6 is 15.9 Å². The molecule has 5 nitrogen and oxygen atoms in total. The van der Waals surface area contributed by atoms with Crippen LogP contribution in [0, 0.1) is 6.92 Å². The van der Waals surface area contributed by atoms with Crippen LogP contribution in [0.4, 0.5) is 0 Å². The van der Waals surface area contributed by atoms with Crippen LogP contribution in [-0.2, 0) is 16.1 Å². The van der Waals surface area contributed by atoms with Gasteiger partial charge in [-0.1, -0.05) is 68.4 Å². The second-order valence-corrected chi connectivity index (χ2v) is 8.84. The lowest BCUT2D eigenvalue weighted by Crippen LogP contribution is -2.50. The Morgan fingerprint density at radius 3 is 2.48 bits per heavy atom. The van der Waals surface area contributed by atoms with E-state index in [1.807, 2.05) is 81.4 Å². The van der Waals surface area contributed by atoms with Gasteiger partial charge in [0.1, 0.15) is 11.8 Å². The maximum absolute atomic E-state index is 13.4. The van der Waals surface area contributed by atoms with E-state index >= 15 is 0 Å². The van der Waals surface area contributed by atoms with E-state index in [9.17, 15) is 9.59 Å². The average molecular weight is 511 g/mol. The van der Waals surface area contributed by atoms with Crippen LogP contribution in [0.15, 0.2) is 65.1 Å². The summed E-state index contributed by atoms with van der Waals surface area (Å²) in [6, 6.07) is 19.2. The van der Waals surface area contributed by atoms with Crippen LogP contribution in [0.5, 0.6) is 5.75 Å². The number of amides is 2. The van der Waals surface area contributed by atoms with Crippen LogP contribution in [-0.4, -0.2) is 35.9 Å². The smallest absolute Gasteiger partial charge is 0.261 e. The lowest BCUT2D eigenvalue weighted by atomic mass is 10.1. The van der Waals surface area contributed by atoms with Gasteiger partial charge in [-0.05, 0) is 63.7 Å². The highest BCUT2D eigenvalue weighted by atomic mass is 79.9. The van der Waals surface area contributed by atoms with Crippen molar-refractivity contribution < 1.29 is 14.3 Å². The molecule has 3 aromatic carbocycles. The van der Waals surface area contributed by atoms with E-state index in [0.717, 1.165) is 32.8 Å². The Bertz CT molecular complexity index is 1120. The fraction of sp³-hybridized carbons (Fsp3) is 0.333. The molecule has 33 heavy (non-hydrogen) atoms. The van der Waals surface area contributed by atoms with Crippen molar-refractivity contribution in [3.8, 4) is 5.75 Å². The second kappa shape index (κ2) is 11.8. The Labute approximate surface area is 204 Å². The summed E-state index contributed by atoms with van der Waals surface area (Å²) in [5, 5.41) is 5.05. The number of ether oxygens (including phenoxy) is 1. The number of rotatable bonds is 10. The third kappa shape index (κ3) is 6.14. The molecule has 0 aromatic heterocycles. The second-order valence-electron chi connectivity index (χ2n) is 8.05. The van der Waals surface area contributed by atoms with Gasteiger partial charge in [0.15, 0.2) is 6.61 Å². The minimum atomic E-state index is -0.563. The number of benzene rings is 3. The topological polar surface area (TPSA) is 58.6 Å². The van der Waals surface area contributed by atoms with Gasteiger partial charge in [0, 0.05) is 13.1 Å². The summed E-state index contributed by atoms with van der Waals surface area (Å²) in [6.45, 7) is 6.73. The van der Waals surface area contributed by atoms with Crippen LogP contribution in [0.1, 0.15) is 37.8 Å². The fourth-order valence-electron chi connectivity index (χ4n) is 3.80.